The van der Waals surface area contributed by atoms with Gasteiger partial charge in [0.1, 0.15) is 0 Å². The smallest absolute Gasteiger partial charge is 0.320 e. The van der Waals surface area contributed by atoms with Crippen molar-refractivity contribution in [1.29, 1.82) is 0 Å². The number of aromatic nitrogens is 1. The summed E-state index contributed by atoms with van der Waals surface area (Å²) in [6, 6.07) is 3.53. The second-order valence-electron chi connectivity index (χ2n) is 4.77. The fraction of sp³-hybridized carbons (Fsp3) is 0.500. The van der Waals surface area contributed by atoms with Crippen molar-refractivity contribution in [3.63, 3.8) is 0 Å². The van der Waals surface area contributed by atoms with Crippen LogP contribution in [-0.2, 0) is 11.3 Å². The Kier molecular flexibility index (Phi) is 5.96. The highest BCUT2D eigenvalue weighted by molar-refractivity contribution is 5.76. The number of aliphatic carboxylic acids is 1. The Labute approximate surface area is 119 Å². The number of carbonyl (C=O) groups excluding carboxylic acids is 1. The van der Waals surface area contributed by atoms with Crippen LogP contribution in [0.5, 0.6) is 0 Å². The number of nitrogens with zero attached hydrogens (tertiary/aromatic N) is 3. The Balaban J connectivity index is 2.63. The highest BCUT2D eigenvalue weighted by Gasteiger charge is 2.21. The van der Waals surface area contributed by atoms with E-state index in [2.05, 4.69) is 4.98 Å². The third kappa shape index (κ3) is 4.53. The standard InChI is InChI=1S/C14H21N3O3/c1-4-17(9-11(2)13(18)19)14(20)16(3)10-12-5-7-15-8-6-12/h5-8,11H,4,9-10H2,1-3H3,(H,18,19). The van der Waals surface area contributed by atoms with Crippen molar-refractivity contribution in [3.05, 3.63) is 30.1 Å². The molecule has 0 radical (unpaired) electrons. The van der Waals surface area contributed by atoms with E-state index in [4.69, 9.17) is 5.11 Å². The van der Waals surface area contributed by atoms with E-state index in [1.54, 1.807) is 36.2 Å². The Morgan fingerprint density at radius 3 is 2.45 bits per heavy atom. The van der Waals surface area contributed by atoms with Crippen molar-refractivity contribution in [2.75, 3.05) is 20.1 Å². The number of carbonyl (C=O) groups is 2. The van der Waals surface area contributed by atoms with Gasteiger partial charge in [-0.1, -0.05) is 6.92 Å². The minimum Gasteiger partial charge on any atom is -0.481 e. The first kappa shape index (κ1) is 15.9. The van der Waals surface area contributed by atoms with Gasteiger partial charge in [-0.15, -0.1) is 0 Å². The van der Waals surface area contributed by atoms with Crippen molar-refractivity contribution >= 4 is 12.0 Å². The van der Waals surface area contributed by atoms with Crippen LogP contribution in [0.3, 0.4) is 0 Å². The van der Waals surface area contributed by atoms with Gasteiger partial charge in [0.25, 0.3) is 0 Å². The van der Waals surface area contributed by atoms with Gasteiger partial charge in [0.2, 0.25) is 0 Å². The molecule has 6 nitrogen and oxygen atoms in total. The maximum Gasteiger partial charge on any atom is 0.320 e. The van der Waals surface area contributed by atoms with E-state index in [1.165, 1.54) is 0 Å². The number of carboxylic acids is 1. The largest absolute Gasteiger partial charge is 0.481 e. The number of urea groups is 1. The van der Waals surface area contributed by atoms with Crippen LogP contribution in [0.25, 0.3) is 0 Å². The normalized spacial score (nSPS) is 11.8. The minimum absolute atomic E-state index is 0.169. The van der Waals surface area contributed by atoms with Gasteiger partial charge in [0.05, 0.1) is 5.92 Å². The predicted octanol–water partition coefficient (Wildman–Crippen LogP) is 1.68. The SMILES string of the molecule is CCN(CC(C)C(=O)O)C(=O)N(C)Cc1ccncc1. The summed E-state index contributed by atoms with van der Waals surface area (Å²) in [4.78, 5) is 30.2. The molecule has 1 unspecified atom stereocenters. The van der Waals surface area contributed by atoms with Crippen LogP contribution >= 0.6 is 0 Å². The molecule has 0 saturated carbocycles. The molecule has 1 aromatic heterocycles. The molecule has 0 aliphatic carbocycles. The van der Waals surface area contributed by atoms with Crippen LogP contribution in [-0.4, -0.2) is 52.0 Å². The molecule has 110 valence electrons. The van der Waals surface area contributed by atoms with Crippen molar-refractivity contribution in [2.45, 2.75) is 20.4 Å². The lowest BCUT2D eigenvalue weighted by atomic mass is 10.2. The molecule has 0 aliphatic heterocycles. The minimum atomic E-state index is -0.895. The summed E-state index contributed by atoms with van der Waals surface area (Å²) in [5.41, 5.74) is 0.984. The zero-order valence-corrected chi connectivity index (χ0v) is 12.1. The summed E-state index contributed by atoms with van der Waals surface area (Å²) in [7, 11) is 1.71. The summed E-state index contributed by atoms with van der Waals surface area (Å²) < 4.78 is 0. The first-order valence-electron chi connectivity index (χ1n) is 6.57. The molecule has 1 N–H and O–H groups in total. The van der Waals surface area contributed by atoms with Crippen molar-refractivity contribution in [2.24, 2.45) is 5.92 Å². The Bertz CT molecular complexity index is 450. The van der Waals surface area contributed by atoms with Gasteiger partial charge in [-0.2, -0.15) is 0 Å². The molecular formula is C14H21N3O3. The average molecular weight is 279 g/mol. The maximum atomic E-state index is 12.3. The molecule has 1 atom stereocenters. The second-order valence-corrected chi connectivity index (χ2v) is 4.77. The van der Waals surface area contributed by atoms with Crippen molar-refractivity contribution in [1.82, 2.24) is 14.8 Å². The third-order valence-corrected chi connectivity index (χ3v) is 3.06. The van der Waals surface area contributed by atoms with Gasteiger partial charge in [0, 0.05) is 39.1 Å². The zero-order valence-electron chi connectivity index (χ0n) is 12.1. The Morgan fingerprint density at radius 1 is 1.35 bits per heavy atom. The van der Waals surface area contributed by atoms with Crippen molar-refractivity contribution in [3.8, 4) is 0 Å². The average Bonchev–Trinajstić information content (AvgIpc) is 2.44. The lowest BCUT2D eigenvalue weighted by Crippen LogP contribution is -2.43. The lowest BCUT2D eigenvalue weighted by molar-refractivity contribution is -0.141. The van der Waals surface area contributed by atoms with E-state index < -0.39 is 11.9 Å². The number of pyridine rings is 1. The summed E-state index contributed by atoms with van der Waals surface area (Å²) in [6.45, 7) is 4.61. The van der Waals surface area contributed by atoms with Crippen LogP contribution in [0.1, 0.15) is 19.4 Å². The predicted molar refractivity (Wildman–Crippen MR) is 75.1 cm³/mol. The van der Waals surface area contributed by atoms with Gasteiger partial charge in [-0.25, -0.2) is 4.79 Å². The summed E-state index contributed by atoms with van der Waals surface area (Å²) in [6.07, 6.45) is 3.36. The van der Waals surface area contributed by atoms with Crippen LogP contribution < -0.4 is 0 Å². The van der Waals surface area contributed by atoms with Gasteiger partial charge in [-0.05, 0) is 24.6 Å². The van der Waals surface area contributed by atoms with E-state index in [-0.39, 0.29) is 12.6 Å². The molecular weight excluding hydrogens is 258 g/mol. The quantitative estimate of drug-likeness (QED) is 0.859. The molecule has 1 rings (SSSR count). The summed E-state index contributed by atoms with van der Waals surface area (Å²) in [5.74, 6) is -1.47. The molecule has 20 heavy (non-hydrogen) atoms. The molecule has 0 bridgehead atoms. The van der Waals surface area contributed by atoms with Gasteiger partial charge < -0.3 is 14.9 Å². The lowest BCUT2D eigenvalue weighted by Gasteiger charge is -2.28. The maximum absolute atomic E-state index is 12.3. The second kappa shape index (κ2) is 7.47. The van der Waals surface area contributed by atoms with Crippen LogP contribution in [0.15, 0.2) is 24.5 Å². The monoisotopic (exact) mass is 279 g/mol. The first-order valence-corrected chi connectivity index (χ1v) is 6.57. The molecule has 0 aliphatic rings. The molecule has 0 saturated heterocycles. The number of hydrogen-bond acceptors (Lipinski definition) is 3. The molecule has 0 spiro atoms. The Morgan fingerprint density at radius 2 is 1.95 bits per heavy atom. The van der Waals surface area contributed by atoms with E-state index in [1.807, 2.05) is 19.1 Å². The molecule has 2 amide bonds. The number of carboxylic acid groups (broad SMARTS) is 1. The van der Waals surface area contributed by atoms with E-state index in [0.717, 1.165) is 5.56 Å². The number of hydrogen-bond donors (Lipinski definition) is 1. The van der Waals surface area contributed by atoms with E-state index >= 15 is 0 Å². The molecule has 1 aromatic rings. The molecule has 6 heteroatoms. The fourth-order valence-electron chi connectivity index (χ4n) is 1.82. The van der Waals surface area contributed by atoms with Gasteiger partial charge in [0.15, 0.2) is 0 Å². The third-order valence-electron chi connectivity index (χ3n) is 3.06. The molecule has 1 heterocycles. The Hall–Kier alpha value is -2.11. The topological polar surface area (TPSA) is 73.7 Å². The van der Waals surface area contributed by atoms with Crippen molar-refractivity contribution < 1.29 is 14.7 Å². The molecule has 0 aromatic carbocycles. The highest BCUT2D eigenvalue weighted by atomic mass is 16.4. The van der Waals surface area contributed by atoms with Gasteiger partial charge in [-0.3, -0.25) is 9.78 Å². The van der Waals surface area contributed by atoms with Crippen LogP contribution in [0.2, 0.25) is 0 Å². The van der Waals surface area contributed by atoms with E-state index in [0.29, 0.717) is 13.1 Å². The summed E-state index contributed by atoms with van der Waals surface area (Å²) in [5, 5.41) is 8.92. The van der Waals surface area contributed by atoms with Crippen LogP contribution in [0, 0.1) is 5.92 Å². The summed E-state index contributed by atoms with van der Waals surface area (Å²) >= 11 is 0. The van der Waals surface area contributed by atoms with Crippen LogP contribution in [0.4, 0.5) is 4.79 Å². The molecule has 0 fully saturated rings. The number of rotatable bonds is 6. The van der Waals surface area contributed by atoms with E-state index in [9.17, 15) is 9.59 Å². The fourth-order valence-corrected chi connectivity index (χ4v) is 1.82. The first-order chi connectivity index (χ1) is 9.45. The van der Waals surface area contributed by atoms with Gasteiger partial charge >= 0.3 is 12.0 Å². The number of amides is 2. The highest BCUT2D eigenvalue weighted by Crippen LogP contribution is 2.07. The zero-order chi connectivity index (χ0) is 15.1.